The Hall–Kier alpha value is -3.42. The summed E-state index contributed by atoms with van der Waals surface area (Å²) in [5.74, 6) is -0.817. The molecule has 3 nitrogen and oxygen atoms in total. The molecule has 1 amide bonds. The van der Waals surface area contributed by atoms with Crippen molar-refractivity contribution in [2.75, 3.05) is 5.32 Å². The highest BCUT2D eigenvalue weighted by Gasteiger charge is 2.13. The maximum Gasteiger partial charge on any atom is 0.266 e. The first-order chi connectivity index (χ1) is 14.0. The van der Waals surface area contributed by atoms with Crippen LogP contribution in [0.1, 0.15) is 22.3 Å². The second-order valence-corrected chi connectivity index (χ2v) is 7.03. The highest BCUT2D eigenvalue weighted by atomic mass is 35.5. The lowest BCUT2D eigenvalue weighted by atomic mass is 9.98. The fourth-order valence-electron chi connectivity index (χ4n) is 2.93. The molecule has 0 heterocycles. The molecule has 0 aliphatic carbocycles. The summed E-state index contributed by atoms with van der Waals surface area (Å²) in [5, 5.41) is 12.8. The third-order valence-electron chi connectivity index (χ3n) is 4.45. The normalized spacial score (nSPS) is 11.0. The average molecular weight is 405 g/mol. The summed E-state index contributed by atoms with van der Waals surface area (Å²) in [7, 11) is 0. The van der Waals surface area contributed by atoms with E-state index in [4.69, 9.17) is 11.6 Å². The van der Waals surface area contributed by atoms with Crippen molar-refractivity contribution in [2.45, 2.75) is 13.3 Å². The zero-order valence-electron chi connectivity index (χ0n) is 15.7. The molecule has 0 aliphatic rings. The number of nitrogens with zero attached hydrogens (tertiary/aromatic N) is 1. The van der Waals surface area contributed by atoms with Crippen molar-refractivity contribution in [1.29, 1.82) is 5.26 Å². The van der Waals surface area contributed by atoms with E-state index in [0.29, 0.717) is 22.7 Å². The number of hydrogen-bond acceptors (Lipinski definition) is 2. The molecule has 5 heteroatoms. The number of nitriles is 1. The maximum atomic E-state index is 13.5. The molecule has 3 aromatic rings. The van der Waals surface area contributed by atoms with Crippen molar-refractivity contribution < 1.29 is 9.18 Å². The predicted octanol–water partition coefficient (Wildman–Crippen LogP) is 5.92. The molecule has 0 aromatic heterocycles. The van der Waals surface area contributed by atoms with Crippen molar-refractivity contribution in [3.63, 3.8) is 0 Å². The van der Waals surface area contributed by atoms with Gasteiger partial charge in [-0.2, -0.15) is 5.26 Å². The molecule has 1 N–H and O–H groups in total. The van der Waals surface area contributed by atoms with E-state index < -0.39 is 5.91 Å². The lowest BCUT2D eigenvalue weighted by Gasteiger charge is -2.10. The van der Waals surface area contributed by atoms with Crippen LogP contribution >= 0.6 is 11.6 Å². The molecular formula is C24H18ClFN2O. The Bertz CT molecular complexity index is 1130. The van der Waals surface area contributed by atoms with Gasteiger partial charge in [0, 0.05) is 10.7 Å². The minimum atomic E-state index is -0.501. The van der Waals surface area contributed by atoms with Gasteiger partial charge in [-0.1, -0.05) is 48.0 Å². The summed E-state index contributed by atoms with van der Waals surface area (Å²) < 4.78 is 13.5. The van der Waals surface area contributed by atoms with Crippen LogP contribution in [0.15, 0.2) is 72.3 Å². The number of carbonyl (C=O) groups is 1. The average Bonchev–Trinajstić information content (AvgIpc) is 2.69. The van der Waals surface area contributed by atoms with Crippen LogP contribution in [0.25, 0.3) is 6.08 Å². The Balaban J connectivity index is 1.92. The van der Waals surface area contributed by atoms with Crippen LogP contribution in [0.3, 0.4) is 0 Å². The highest BCUT2D eigenvalue weighted by molar-refractivity contribution is 6.30. The van der Waals surface area contributed by atoms with Crippen molar-refractivity contribution in [3.05, 3.63) is 105 Å². The highest BCUT2D eigenvalue weighted by Crippen LogP contribution is 2.23. The van der Waals surface area contributed by atoms with E-state index in [0.717, 1.165) is 16.7 Å². The van der Waals surface area contributed by atoms with Crippen LogP contribution in [-0.2, 0) is 11.2 Å². The zero-order valence-corrected chi connectivity index (χ0v) is 16.5. The summed E-state index contributed by atoms with van der Waals surface area (Å²) in [4.78, 5) is 12.6. The molecule has 0 fully saturated rings. The van der Waals surface area contributed by atoms with Crippen LogP contribution in [0.5, 0.6) is 0 Å². The number of rotatable bonds is 5. The van der Waals surface area contributed by atoms with E-state index in [2.05, 4.69) is 5.32 Å². The molecule has 3 aromatic carbocycles. The first-order valence-electron chi connectivity index (χ1n) is 8.98. The number of carbonyl (C=O) groups excluding carboxylic acids is 1. The van der Waals surface area contributed by atoms with Gasteiger partial charge < -0.3 is 5.32 Å². The fourth-order valence-corrected chi connectivity index (χ4v) is 3.12. The Labute approximate surface area is 174 Å². The van der Waals surface area contributed by atoms with E-state index in [1.54, 1.807) is 24.3 Å². The first kappa shape index (κ1) is 20.3. The van der Waals surface area contributed by atoms with Crippen molar-refractivity contribution in [2.24, 2.45) is 0 Å². The second kappa shape index (κ2) is 9.18. The largest absolute Gasteiger partial charge is 0.321 e. The van der Waals surface area contributed by atoms with Crippen molar-refractivity contribution >= 4 is 29.3 Å². The molecule has 3 rings (SSSR count). The standard InChI is InChI=1S/C24H18ClFN2O/c1-16-5-2-3-8-23(16)28-24(29)20(15-27)13-19-14-21(25)10-9-18(19)11-17-6-4-7-22(26)12-17/h2-10,12-14H,11H2,1H3,(H,28,29)/b20-13+. The topological polar surface area (TPSA) is 52.9 Å². The van der Waals surface area contributed by atoms with E-state index >= 15 is 0 Å². The van der Waals surface area contributed by atoms with Gasteiger partial charge in [0.25, 0.3) is 5.91 Å². The molecule has 29 heavy (non-hydrogen) atoms. The molecular weight excluding hydrogens is 387 g/mol. The number of hydrogen-bond donors (Lipinski definition) is 1. The molecule has 0 saturated heterocycles. The molecule has 0 bridgehead atoms. The Morgan fingerprint density at radius 1 is 1.14 bits per heavy atom. The quantitative estimate of drug-likeness (QED) is 0.423. The van der Waals surface area contributed by atoms with E-state index in [9.17, 15) is 14.4 Å². The Morgan fingerprint density at radius 2 is 1.93 bits per heavy atom. The fraction of sp³-hybridized carbons (Fsp3) is 0.0833. The van der Waals surface area contributed by atoms with E-state index in [1.807, 2.05) is 43.3 Å². The monoisotopic (exact) mass is 404 g/mol. The van der Waals surface area contributed by atoms with Crippen LogP contribution in [0.2, 0.25) is 5.02 Å². The van der Waals surface area contributed by atoms with Gasteiger partial charge >= 0.3 is 0 Å². The first-order valence-corrected chi connectivity index (χ1v) is 9.35. The van der Waals surface area contributed by atoms with Crippen LogP contribution in [0.4, 0.5) is 10.1 Å². The molecule has 0 aliphatic heterocycles. The number of amides is 1. The summed E-state index contributed by atoms with van der Waals surface area (Å²) >= 11 is 6.13. The predicted molar refractivity (Wildman–Crippen MR) is 114 cm³/mol. The van der Waals surface area contributed by atoms with Gasteiger partial charge in [-0.3, -0.25) is 4.79 Å². The minimum Gasteiger partial charge on any atom is -0.321 e. The summed E-state index contributed by atoms with van der Waals surface area (Å²) in [6.07, 6.45) is 1.95. The smallest absolute Gasteiger partial charge is 0.266 e. The summed E-state index contributed by atoms with van der Waals surface area (Å²) in [6.45, 7) is 1.87. The van der Waals surface area contributed by atoms with Crippen LogP contribution in [0, 0.1) is 24.1 Å². The van der Waals surface area contributed by atoms with Gasteiger partial charge in [-0.25, -0.2) is 4.39 Å². The number of benzene rings is 3. The third kappa shape index (κ3) is 5.31. The lowest BCUT2D eigenvalue weighted by Crippen LogP contribution is -2.14. The lowest BCUT2D eigenvalue weighted by molar-refractivity contribution is -0.112. The van der Waals surface area contributed by atoms with E-state index in [1.165, 1.54) is 18.2 Å². The van der Waals surface area contributed by atoms with Gasteiger partial charge in [0.2, 0.25) is 0 Å². The van der Waals surface area contributed by atoms with Gasteiger partial charge in [0.15, 0.2) is 0 Å². The Morgan fingerprint density at radius 3 is 2.66 bits per heavy atom. The minimum absolute atomic E-state index is 0.0454. The van der Waals surface area contributed by atoms with Crippen molar-refractivity contribution in [3.8, 4) is 6.07 Å². The molecule has 0 saturated carbocycles. The Kier molecular flexibility index (Phi) is 6.43. The number of aryl methyl sites for hydroxylation is 1. The van der Waals surface area contributed by atoms with Crippen LogP contribution < -0.4 is 5.32 Å². The molecule has 0 radical (unpaired) electrons. The number of nitrogens with one attached hydrogen (secondary N) is 1. The van der Waals surface area contributed by atoms with Gasteiger partial charge in [0.1, 0.15) is 17.5 Å². The van der Waals surface area contributed by atoms with E-state index in [-0.39, 0.29) is 11.4 Å². The van der Waals surface area contributed by atoms with Crippen molar-refractivity contribution in [1.82, 2.24) is 0 Å². The van der Waals surface area contributed by atoms with Gasteiger partial charge in [0.05, 0.1) is 0 Å². The van der Waals surface area contributed by atoms with Crippen LogP contribution in [-0.4, -0.2) is 5.91 Å². The molecule has 0 unspecified atom stereocenters. The maximum absolute atomic E-state index is 13.5. The molecule has 0 atom stereocenters. The number of para-hydroxylation sites is 1. The third-order valence-corrected chi connectivity index (χ3v) is 4.68. The van der Waals surface area contributed by atoms with Gasteiger partial charge in [-0.05, 0) is 72.0 Å². The zero-order chi connectivity index (χ0) is 20.8. The second-order valence-electron chi connectivity index (χ2n) is 6.59. The van der Waals surface area contributed by atoms with Gasteiger partial charge in [-0.15, -0.1) is 0 Å². The number of halogens is 2. The molecule has 0 spiro atoms. The summed E-state index contributed by atoms with van der Waals surface area (Å²) in [6, 6.07) is 20.8. The SMILES string of the molecule is Cc1ccccc1NC(=O)/C(C#N)=C/c1cc(Cl)ccc1Cc1cccc(F)c1. The molecule has 144 valence electrons. The number of anilines is 1. The summed E-state index contributed by atoms with van der Waals surface area (Å²) in [5.41, 5.74) is 3.74.